The summed E-state index contributed by atoms with van der Waals surface area (Å²) in [5.41, 5.74) is 2.83. The van der Waals surface area contributed by atoms with Gasteiger partial charge < -0.3 is 14.7 Å². The molecule has 0 aliphatic rings. The molecule has 1 aromatic heterocycles. The molecule has 0 aliphatic carbocycles. The average molecular weight is 694 g/mol. The minimum Gasteiger partial charge on any atom is -0.507 e. The number of thiazole rings is 1. The van der Waals surface area contributed by atoms with E-state index >= 15 is 0 Å². The lowest BCUT2D eigenvalue weighted by Gasteiger charge is -2.23. The first-order valence-corrected chi connectivity index (χ1v) is 15.3. The number of phenolic OH excluding ortho intramolecular Hbond substituents is 1. The molecular formula is C25H18BrCl2F2N2O6PS. The van der Waals surface area contributed by atoms with Gasteiger partial charge in [0.2, 0.25) is 0 Å². The standard InChI is InChI=1S/C25H18BrCl2F2N2O6PS/c1-36-24(34)18-9-15(4-7-23(18)33)22-13-40-25(31-22)32(17-5-6-20(27)21(28)10-17)11-14-2-3-16(19(26)8-14)12-39(35,37-29)38-30/h2-10,13,33H,11-12H2,1H3. The quantitative estimate of drug-likeness (QED) is 0.130. The molecule has 1 N–H and O–H groups in total. The van der Waals surface area contributed by atoms with Crippen LogP contribution >= 0.6 is 58.1 Å². The van der Waals surface area contributed by atoms with Crippen molar-refractivity contribution in [3.8, 4) is 17.0 Å². The van der Waals surface area contributed by atoms with Gasteiger partial charge >= 0.3 is 13.6 Å². The number of esters is 1. The number of halogens is 5. The van der Waals surface area contributed by atoms with Crippen LogP contribution in [-0.2, 0) is 31.5 Å². The van der Waals surface area contributed by atoms with Crippen LogP contribution in [0.2, 0.25) is 10.0 Å². The van der Waals surface area contributed by atoms with Crippen LogP contribution in [0.1, 0.15) is 21.5 Å². The number of methoxy groups -OCH3 is 1. The minimum absolute atomic E-state index is 0.00157. The molecule has 0 bridgehead atoms. The molecule has 1 heterocycles. The molecule has 0 radical (unpaired) electrons. The number of carbonyl (C=O) groups excluding carboxylic acids is 1. The molecule has 40 heavy (non-hydrogen) atoms. The van der Waals surface area contributed by atoms with Crippen LogP contribution in [0.4, 0.5) is 19.9 Å². The van der Waals surface area contributed by atoms with Gasteiger partial charge in [-0.15, -0.1) is 20.8 Å². The minimum atomic E-state index is -4.57. The third-order valence-corrected chi connectivity index (χ3v) is 9.16. The number of hydrogen-bond donors (Lipinski definition) is 1. The molecule has 0 atom stereocenters. The summed E-state index contributed by atoms with van der Waals surface area (Å²) >= 11 is 17.1. The van der Waals surface area contributed by atoms with Gasteiger partial charge in [0.15, 0.2) is 5.13 Å². The zero-order chi connectivity index (χ0) is 29.0. The van der Waals surface area contributed by atoms with Crippen molar-refractivity contribution in [2.24, 2.45) is 0 Å². The summed E-state index contributed by atoms with van der Waals surface area (Å²) in [6.07, 6.45) is -0.632. The normalized spacial score (nSPS) is 11.4. The molecule has 4 rings (SSSR count). The first-order valence-electron chi connectivity index (χ1n) is 11.1. The average Bonchev–Trinajstić information content (AvgIpc) is 3.44. The Balaban J connectivity index is 1.70. The highest BCUT2D eigenvalue weighted by Gasteiger charge is 2.29. The van der Waals surface area contributed by atoms with Crippen LogP contribution in [-0.4, -0.2) is 23.2 Å². The van der Waals surface area contributed by atoms with Crippen LogP contribution in [0.3, 0.4) is 0 Å². The summed E-state index contributed by atoms with van der Waals surface area (Å²) in [7, 11) is -3.35. The Morgan fingerprint density at radius 1 is 1.10 bits per heavy atom. The Morgan fingerprint density at radius 3 is 2.50 bits per heavy atom. The summed E-state index contributed by atoms with van der Waals surface area (Å²) in [4.78, 5) is 18.6. The van der Waals surface area contributed by atoms with Crippen LogP contribution < -0.4 is 4.90 Å². The zero-order valence-electron chi connectivity index (χ0n) is 20.3. The van der Waals surface area contributed by atoms with Gasteiger partial charge in [-0.05, 0) is 62.6 Å². The molecule has 0 amide bonds. The van der Waals surface area contributed by atoms with Crippen LogP contribution in [0, 0.1) is 0 Å². The van der Waals surface area contributed by atoms with Gasteiger partial charge in [-0.2, -0.15) is 0 Å². The molecule has 0 unspecified atom stereocenters. The predicted octanol–water partition coefficient (Wildman–Crippen LogP) is 9.21. The van der Waals surface area contributed by atoms with Crippen molar-refractivity contribution in [2.45, 2.75) is 12.7 Å². The molecule has 0 spiro atoms. The third kappa shape index (κ3) is 6.83. The third-order valence-electron chi connectivity index (χ3n) is 5.67. The molecule has 4 aromatic rings. The Labute approximate surface area is 249 Å². The van der Waals surface area contributed by atoms with Crippen LogP contribution in [0.5, 0.6) is 5.75 Å². The fourth-order valence-corrected chi connectivity index (χ4v) is 6.42. The van der Waals surface area contributed by atoms with E-state index in [1.165, 1.54) is 36.6 Å². The Kier molecular flexibility index (Phi) is 9.84. The molecule has 15 heteroatoms. The van der Waals surface area contributed by atoms with Gasteiger partial charge in [0.05, 0.1) is 35.6 Å². The van der Waals surface area contributed by atoms with Crippen molar-refractivity contribution in [2.75, 3.05) is 12.0 Å². The highest BCUT2D eigenvalue weighted by atomic mass is 79.9. The van der Waals surface area contributed by atoms with Crippen molar-refractivity contribution < 1.29 is 37.7 Å². The number of aromatic nitrogens is 1. The van der Waals surface area contributed by atoms with E-state index in [1.807, 2.05) is 4.90 Å². The lowest BCUT2D eigenvalue weighted by atomic mass is 10.1. The molecule has 8 nitrogen and oxygen atoms in total. The van der Waals surface area contributed by atoms with Crippen molar-refractivity contribution in [1.29, 1.82) is 0 Å². The van der Waals surface area contributed by atoms with Crippen LogP contribution in [0.25, 0.3) is 11.3 Å². The second-order valence-electron chi connectivity index (χ2n) is 8.26. The first kappa shape index (κ1) is 30.4. The number of anilines is 2. The summed E-state index contributed by atoms with van der Waals surface area (Å²) in [5.74, 6) is -0.904. The number of phenols is 1. The Hall–Kier alpha value is -2.57. The zero-order valence-corrected chi connectivity index (χ0v) is 25.1. The molecular weight excluding hydrogens is 676 g/mol. The SMILES string of the molecule is COC(=O)c1cc(-c2csc(N(Cc3ccc(CP(=O)(OF)OF)c(Br)c3)c3ccc(Cl)c(Cl)c3)n2)ccc1O. The number of hydrogen-bond acceptors (Lipinski definition) is 9. The summed E-state index contributed by atoms with van der Waals surface area (Å²) in [5, 5.41) is 13.1. The van der Waals surface area contributed by atoms with E-state index in [1.54, 1.807) is 41.8 Å². The number of rotatable bonds is 10. The van der Waals surface area contributed by atoms with Gasteiger partial charge in [0.25, 0.3) is 0 Å². The number of aromatic hydroxyl groups is 1. The van der Waals surface area contributed by atoms with Gasteiger partial charge in [-0.3, -0.25) is 4.57 Å². The second kappa shape index (κ2) is 12.9. The molecule has 210 valence electrons. The highest BCUT2D eigenvalue weighted by molar-refractivity contribution is 9.10. The van der Waals surface area contributed by atoms with E-state index in [9.17, 15) is 23.5 Å². The van der Waals surface area contributed by atoms with E-state index in [4.69, 9.17) is 32.9 Å². The maximum atomic E-state index is 12.6. The molecule has 0 aliphatic heterocycles. The summed E-state index contributed by atoms with van der Waals surface area (Å²) in [6, 6.07) is 14.5. The van der Waals surface area contributed by atoms with Crippen molar-refractivity contribution in [3.05, 3.63) is 91.2 Å². The van der Waals surface area contributed by atoms with Crippen molar-refractivity contribution in [3.63, 3.8) is 0 Å². The van der Waals surface area contributed by atoms with E-state index in [0.29, 0.717) is 42.2 Å². The number of benzene rings is 3. The molecule has 0 saturated heterocycles. The highest BCUT2D eigenvalue weighted by Crippen LogP contribution is 2.53. The van der Waals surface area contributed by atoms with E-state index in [0.717, 1.165) is 5.56 Å². The van der Waals surface area contributed by atoms with E-state index in [2.05, 4.69) is 25.4 Å². The van der Waals surface area contributed by atoms with Gasteiger partial charge in [0, 0.05) is 21.1 Å². The maximum Gasteiger partial charge on any atom is 0.399 e. The van der Waals surface area contributed by atoms with Crippen LogP contribution in [0.15, 0.2) is 64.5 Å². The molecule has 3 aromatic carbocycles. The molecule has 0 fully saturated rings. The lowest BCUT2D eigenvalue weighted by Crippen LogP contribution is -2.16. The summed E-state index contributed by atoms with van der Waals surface area (Å²) < 4.78 is 48.6. The van der Waals surface area contributed by atoms with E-state index < -0.39 is 19.7 Å². The number of carbonyl (C=O) groups is 1. The monoisotopic (exact) mass is 692 g/mol. The Morgan fingerprint density at radius 2 is 1.85 bits per heavy atom. The van der Waals surface area contributed by atoms with Gasteiger partial charge in [-0.1, -0.05) is 51.3 Å². The molecule has 0 saturated carbocycles. The second-order valence-corrected chi connectivity index (χ2v) is 12.6. The van der Waals surface area contributed by atoms with Gasteiger partial charge in [0.1, 0.15) is 11.3 Å². The fourth-order valence-electron chi connectivity index (χ4n) is 3.68. The number of nitrogens with zero attached hydrogens (tertiary/aromatic N) is 2. The van der Waals surface area contributed by atoms with E-state index in [-0.39, 0.29) is 17.9 Å². The number of ether oxygens (including phenoxy) is 1. The smallest absolute Gasteiger partial charge is 0.399 e. The van der Waals surface area contributed by atoms with Crippen molar-refractivity contribution >= 4 is 74.9 Å². The maximum absolute atomic E-state index is 12.6. The summed E-state index contributed by atoms with van der Waals surface area (Å²) in [6.45, 7) is 0.268. The van der Waals surface area contributed by atoms with Gasteiger partial charge in [-0.25, -0.2) is 9.78 Å². The Bertz CT molecular complexity index is 1600. The first-order chi connectivity index (χ1) is 19.1. The largest absolute Gasteiger partial charge is 0.507 e. The predicted molar refractivity (Wildman–Crippen MR) is 153 cm³/mol. The fraction of sp³-hybridized carbons (Fsp3) is 0.120. The topological polar surface area (TPSA) is 98.2 Å². The van der Waals surface area contributed by atoms with Crippen molar-refractivity contribution in [1.82, 2.24) is 4.98 Å². The lowest BCUT2D eigenvalue weighted by molar-refractivity contribution is -0.0881.